The van der Waals surface area contributed by atoms with E-state index >= 15 is 0 Å². The lowest BCUT2D eigenvalue weighted by Gasteiger charge is -2.39. The molecule has 0 saturated carbocycles. The van der Waals surface area contributed by atoms with Crippen LogP contribution >= 0.6 is 12.6 Å². The number of methoxy groups -OCH3 is 2. The van der Waals surface area contributed by atoms with Gasteiger partial charge in [0.25, 0.3) is 5.91 Å². The molecule has 1 saturated heterocycles. The van der Waals surface area contributed by atoms with Gasteiger partial charge in [-0.3, -0.25) is 4.79 Å². The highest BCUT2D eigenvalue weighted by Gasteiger charge is 2.39. The van der Waals surface area contributed by atoms with Crippen LogP contribution < -0.4 is 0 Å². The first-order chi connectivity index (χ1) is 13.5. The lowest BCUT2D eigenvalue weighted by atomic mass is 10.0. The Morgan fingerprint density at radius 3 is 2.38 bits per heavy atom. The van der Waals surface area contributed by atoms with E-state index in [0.717, 1.165) is 24.1 Å². The van der Waals surface area contributed by atoms with Crippen LogP contribution in [0, 0.1) is 0 Å². The molecule has 1 aliphatic heterocycles. The Hall–Kier alpha value is -2.69. The molecule has 11 heteroatoms. The number of hydrogen-bond acceptors (Lipinski definition) is 6. The highest BCUT2D eigenvalue weighted by Crippen LogP contribution is 2.35. The average Bonchev–Trinajstić information content (AvgIpc) is 2.70. The van der Waals surface area contributed by atoms with Crippen molar-refractivity contribution in [2.45, 2.75) is 17.1 Å². The number of hydrogen-bond donors (Lipinski definition) is 1. The zero-order valence-electron chi connectivity index (χ0n) is 15.7. The molecule has 158 valence electrons. The molecule has 1 aliphatic rings. The Balaban J connectivity index is 2.31. The van der Waals surface area contributed by atoms with E-state index in [9.17, 15) is 27.6 Å². The van der Waals surface area contributed by atoms with Gasteiger partial charge in [0.1, 0.15) is 6.04 Å². The number of thiol groups is 1. The summed E-state index contributed by atoms with van der Waals surface area (Å²) in [5.74, 6) is -1.52. The molecule has 0 radical (unpaired) electrons. The Labute approximate surface area is 170 Å². The summed E-state index contributed by atoms with van der Waals surface area (Å²) in [6, 6.07) is 2.03. The molecule has 0 aromatic heterocycles. The van der Waals surface area contributed by atoms with Crippen molar-refractivity contribution in [3.05, 3.63) is 35.9 Å². The van der Waals surface area contributed by atoms with Crippen molar-refractivity contribution < 1.29 is 37.0 Å². The molecule has 1 unspecified atom stereocenters. The van der Waals surface area contributed by atoms with E-state index in [1.54, 1.807) is 0 Å². The molecular formula is C18H19F3N2O5S. The standard InChI is InChI=1S/C18H19F3N2O5S/c1-10(11-4-5-14(29)12(8-11)18(19,20)21)15(24)23-7-6-22(17(26)28-3)9-13(23)16(25)27-2/h4-5,8,13,29H,1,6-7,9H2,2-3H3. The molecule has 1 atom stereocenters. The van der Waals surface area contributed by atoms with Crippen LogP contribution in [0.5, 0.6) is 0 Å². The van der Waals surface area contributed by atoms with Crippen LogP contribution in [0.3, 0.4) is 0 Å². The van der Waals surface area contributed by atoms with Gasteiger partial charge in [0.15, 0.2) is 0 Å². The maximum absolute atomic E-state index is 13.1. The van der Waals surface area contributed by atoms with Crippen molar-refractivity contribution >= 4 is 36.2 Å². The number of benzene rings is 1. The number of nitrogens with zero attached hydrogens (tertiary/aromatic N) is 2. The number of amides is 2. The van der Waals surface area contributed by atoms with Crippen molar-refractivity contribution in [3.8, 4) is 0 Å². The minimum absolute atomic E-state index is 0.0521. The molecule has 1 heterocycles. The molecule has 0 N–H and O–H groups in total. The smallest absolute Gasteiger partial charge is 0.417 e. The van der Waals surface area contributed by atoms with Crippen molar-refractivity contribution in [1.82, 2.24) is 9.80 Å². The Morgan fingerprint density at radius 1 is 1.17 bits per heavy atom. The lowest BCUT2D eigenvalue weighted by Crippen LogP contribution is -2.59. The summed E-state index contributed by atoms with van der Waals surface area (Å²) in [6.45, 7) is 3.44. The van der Waals surface area contributed by atoms with Crippen molar-refractivity contribution in [1.29, 1.82) is 0 Å². The second-order valence-electron chi connectivity index (χ2n) is 6.16. The first-order valence-corrected chi connectivity index (χ1v) is 8.77. The van der Waals surface area contributed by atoms with E-state index in [1.165, 1.54) is 18.1 Å². The van der Waals surface area contributed by atoms with Gasteiger partial charge in [0, 0.05) is 23.6 Å². The summed E-state index contributed by atoms with van der Waals surface area (Å²) in [5.41, 5.74) is -1.30. The first kappa shape index (κ1) is 22.6. The van der Waals surface area contributed by atoms with Gasteiger partial charge < -0.3 is 19.3 Å². The summed E-state index contributed by atoms with van der Waals surface area (Å²) in [5, 5.41) is 0. The highest BCUT2D eigenvalue weighted by atomic mass is 32.1. The van der Waals surface area contributed by atoms with Crippen molar-refractivity contribution in [2.75, 3.05) is 33.9 Å². The third kappa shape index (κ3) is 4.84. The predicted octanol–water partition coefficient (Wildman–Crippen LogP) is 2.46. The molecule has 1 aromatic rings. The van der Waals surface area contributed by atoms with Crippen LogP contribution in [0.4, 0.5) is 18.0 Å². The van der Waals surface area contributed by atoms with Crippen molar-refractivity contribution in [3.63, 3.8) is 0 Å². The molecule has 1 fully saturated rings. The minimum Gasteiger partial charge on any atom is -0.467 e. The van der Waals surface area contributed by atoms with E-state index in [4.69, 9.17) is 4.74 Å². The Morgan fingerprint density at radius 2 is 1.83 bits per heavy atom. The van der Waals surface area contributed by atoms with Crippen LogP contribution in [0.15, 0.2) is 29.7 Å². The number of carbonyl (C=O) groups excluding carboxylic acids is 3. The fourth-order valence-electron chi connectivity index (χ4n) is 2.91. The van der Waals surface area contributed by atoms with E-state index in [-0.39, 0.29) is 35.7 Å². The molecule has 7 nitrogen and oxygen atoms in total. The molecule has 0 aliphatic carbocycles. The summed E-state index contributed by atoms with van der Waals surface area (Å²) in [4.78, 5) is 38.8. The minimum atomic E-state index is -4.66. The predicted molar refractivity (Wildman–Crippen MR) is 99.2 cm³/mol. The SMILES string of the molecule is C=C(C(=O)N1CCN(C(=O)OC)CC1C(=O)OC)c1ccc(S)c(C(F)(F)F)c1. The van der Waals surface area contributed by atoms with E-state index in [0.29, 0.717) is 0 Å². The lowest BCUT2D eigenvalue weighted by molar-refractivity contribution is -0.153. The van der Waals surface area contributed by atoms with Gasteiger partial charge >= 0.3 is 18.2 Å². The van der Waals surface area contributed by atoms with E-state index in [2.05, 4.69) is 23.9 Å². The second kappa shape index (κ2) is 8.76. The van der Waals surface area contributed by atoms with E-state index in [1.807, 2.05) is 0 Å². The third-order valence-electron chi connectivity index (χ3n) is 4.46. The van der Waals surface area contributed by atoms with Crippen LogP contribution in [0.1, 0.15) is 11.1 Å². The zero-order valence-corrected chi connectivity index (χ0v) is 16.5. The van der Waals surface area contributed by atoms with Crippen molar-refractivity contribution in [2.24, 2.45) is 0 Å². The summed E-state index contributed by atoms with van der Waals surface area (Å²) in [6.07, 6.45) is -5.33. The summed E-state index contributed by atoms with van der Waals surface area (Å²) >= 11 is 3.80. The molecule has 2 amide bonds. The maximum Gasteiger partial charge on any atom is 0.417 e. The Bertz CT molecular complexity index is 843. The second-order valence-corrected chi connectivity index (χ2v) is 6.64. The van der Waals surface area contributed by atoms with Crippen LogP contribution in [0.25, 0.3) is 5.57 Å². The summed E-state index contributed by atoms with van der Waals surface area (Å²) in [7, 11) is 2.30. The summed E-state index contributed by atoms with van der Waals surface area (Å²) < 4.78 is 48.7. The number of carbonyl (C=O) groups is 3. The van der Waals surface area contributed by atoms with Gasteiger partial charge in [-0.25, -0.2) is 9.59 Å². The highest BCUT2D eigenvalue weighted by molar-refractivity contribution is 7.80. The topological polar surface area (TPSA) is 76.2 Å². The van der Waals surface area contributed by atoms with Crippen LogP contribution in [0.2, 0.25) is 0 Å². The molecule has 29 heavy (non-hydrogen) atoms. The fourth-order valence-corrected chi connectivity index (χ4v) is 3.17. The Kier molecular flexibility index (Phi) is 6.83. The molecule has 0 bridgehead atoms. The van der Waals surface area contributed by atoms with E-state index < -0.39 is 35.8 Å². The molecule has 0 spiro atoms. The number of piperazine rings is 1. The van der Waals surface area contributed by atoms with Crippen LogP contribution in [-0.2, 0) is 25.2 Å². The molecular weight excluding hydrogens is 413 g/mol. The number of ether oxygens (including phenoxy) is 2. The number of esters is 1. The van der Waals surface area contributed by atoms with Gasteiger partial charge in [0.2, 0.25) is 0 Å². The van der Waals surface area contributed by atoms with Gasteiger partial charge in [-0.1, -0.05) is 12.6 Å². The van der Waals surface area contributed by atoms with Gasteiger partial charge in [-0.05, 0) is 17.7 Å². The van der Waals surface area contributed by atoms with Crippen LogP contribution in [-0.4, -0.2) is 67.7 Å². The molecule has 2 rings (SSSR count). The van der Waals surface area contributed by atoms with Gasteiger partial charge in [-0.15, -0.1) is 12.6 Å². The number of alkyl halides is 3. The fraction of sp³-hybridized carbons (Fsp3) is 0.389. The third-order valence-corrected chi connectivity index (χ3v) is 4.85. The van der Waals surface area contributed by atoms with Gasteiger partial charge in [-0.2, -0.15) is 13.2 Å². The maximum atomic E-state index is 13.1. The molecule has 1 aromatic carbocycles. The largest absolute Gasteiger partial charge is 0.467 e. The normalized spacial score (nSPS) is 17.0. The zero-order chi connectivity index (χ0) is 21.9. The number of rotatable bonds is 3. The number of halogens is 3. The van der Waals surface area contributed by atoms with Gasteiger partial charge in [0.05, 0.1) is 26.3 Å². The quantitative estimate of drug-likeness (QED) is 0.451. The average molecular weight is 432 g/mol. The first-order valence-electron chi connectivity index (χ1n) is 8.32. The monoisotopic (exact) mass is 432 g/mol.